The number of nitrogens with zero attached hydrogens (tertiary/aromatic N) is 1. The Hall–Kier alpha value is -3.13. The number of methoxy groups -OCH3 is 1. The van der Waals surface area contributed by atoms with Crippen LogP contribution >= 0.6 is 15.9 Å². The highest BCUT2D eigenvalue weighted by Gasteiger charge is 2.25. The second kappa shape index (κ2) is 8.71. The number of benzene rings is 2. The van der Waals surface area contributed by atoms with Gasteiger partial charge in [0.05, 0.1) is 24.9 Å². The molecule has 0 saturated carbocycles. The van der Waals surface area contributed by atoms with E-state index < -0.39 is 11.9 Å². The number of carbonyl (C=O) groups is 3. The predicted octanol–water partition coefficient (Wildman–Crippen LogP) is 3.29. The van der Waals surface area contributed by atoms with Gasteiger partial charge in [-0.15, -0.1) is 0 Å². The number of rotatable bonds is 5. The van der Waals surface area contributed by atoms with Crippen molar-refractivity contribution in [3.63, 3.8) is 0 Å². The molecule has 0 bridgehead atoms. The Labute approximate surface area is 170 Å². The van der Waals surface area contributed by atoms with E-state index >= 15 is 0 Å². The SMILES string of the molecule is COC(=O)CC1=CC(=O)N(CC(=O)Nc2ccc(Br)cc2)c2ccccc2N1. The third-order valence-electron chi connectivity index (χ3n) is 4.05. The topological polar surface area (TPSA) is 87.7 Å². The molecule has 144 valence electrons. The molecule has 0 unspecified atom stereocenters. The fraction of sp³-hybridized carbons (Fsp3) is 0.150. The van der Waals surface area contributed by atoms with Crippen LogP contribution in [0.15, 0.2) is 64.8 Å². The largest absolute Gasteiger partial charge is 0.469 e. The minimum Gasteiger partial charge on any atom is -0.469 e. The van der Waals surface area contributed by atoms with Crippen LogP contribution in [0, 0.1) is 0 Å². The minimum absolute atomic E-state index is 0.0739. The third-order valence-corrected chi connectivity index (χ3v) is 4.57. The highest BCUT2D eigenvalue weighted by molar-refractivity contribution is 9.10. The van der Waals surface area contributed by atoms with Gasteiger partial charge in [0, 0.05) is 21.9 Å². The molecule has 0 radical (unpaired) electrons. The Morgan fingerprint density at radius 2 is 1.86 bits per heavy atom. The second-order valence-electron chi connectivity index (χ2n) is 6.04. The van der Waals surface area contributed by atoms with Crippen LogP contribution in [0.4, 0.5) is 17.1 Å². The van der Waals surface area contributed by atoms with Gasteiger partial charge in [-0.25, -0.2) is 0 Å². The van der Waals surface area contributed by atoms with E-state index in [-0.39, 0.29) is 18.9 Å². The van der Waals surface area contributed by atoms with Gasteiger partial charge in [0.25, 0.3) is 5.91 Å². The van der Waals surface area contributed by atoms with Crippen molar-refractivity contribution in [2.24, 2.45) is 0 Å². The molecule has 0 aromatic heterocycles. The molecule has 3 rings (SSSR count). The first kappa shape index (κ1) is 19.6. The molecule has 0 aliphatic carbocycles. The highest BCUT2D eigenvalue weighted by Crippen LogP contribution is 2.30. The number of halogens is 1. The van der Waals surface area contributed by atoms with Crippen LogP contribution in [0.25, 0.3) is 0 Å². The zero-order chi connectivity index (χ0) is 20.1. The Balaban J connectivity index is 1.82. The molecule has 1 heterocycles. The summed E-state index contributed by atoms with van der Waals surface area (Å²) < 4.78 is 5.57. The van der Waals surface area contributed by atoms with Crippen LogP contribution in [0.3, 0.4) is 0 Å². The lowest BCUT2D eigenvalue weighted by molar-refractivity contribution is -0.139. The Morgan fingerprint density at radius 1 is 1.14 bits per heavy atom. The zero-order valence-electron chi connectivity index (χ0n) is 15.1. The molecule has 0 spiro atoms. The quantitative estimate of drug-likeness (QED) is 0.692. The summed E-state index contributed by atoms with van der Waals surface area (Å²) >= 11 is 3.34. The molecule has 2 N–H and O–H groups in total. The van der Waals surface area contributed by atoms with Crippen molar-refractivity contribution in [2.75, 3.05) is 29.2 Å². The summed E-state index contributed by atoms with van der Waals surface area (Å²) in [5.74, 6) is -1.21. The van der Waals surface area contributed by atoms with Crippen molar-refractivity contribution in [3.05, 3.63) is 64.8 Å². The van der Waals surface area contributed by atoms with Crippen molar-refractivity contribution in [1.29, 1.82) is 0 Å². The van der Waals surface area contributed by atoms with E-state index in [0.717, 1.165) is 4.47 Å². The van der Waals surface area contributed by atoms with E-state index in [1.807, 2.05) is 12.1 Å². The van der Waals surface area contributed by atoms with E-state index in [2.05, 4.69) is 31.3 Å². The van der Waals surface area contributed by atoms with Crippen LogP contribution in [0.5, 0.6) is 0 Å². The maximum Gasteiger partial charge on any atom is 0.311 e. The summed E-state index contributed by atoms with van der Waals surface area (Å²) in [7, 11) is 1.29. The number of amides is 2. The van der Waals surface area contributed by atoms with Gasteiger partial charge in [-0.05, 0) is 36.4 Å². The molecule has 8 heteroatoms. The third kappa shape index (κ3) is 4.77. The fourth-order valence-corrected chi connectivity index (χ4v) is 3.00. The van der Waals surface area contributed by atoms with Crippen LogP contribution in [0.2, 0.25) is 0 Å². The van der Waals surface area contributed by atoms with Gasteiger partial charge in [-0.1, -0.05) is 28.1 Å². The minimum atomic E-state index is -0.467. The number of nitrogens with one attached hydrogen (secondary N) is 2. The van der Waals surface area contributed by atoms with E-state index in [9.17, 15) is 14.4 Å². The van der Waals surface area contributed by atoms with Crippen molar-refractivity contribution < 1.29 is 19.1 Å². The van der Waals surface area contributed by atoms with Crippen LogP contribution in [-0.4, -0.2) is 31.4 Å². The normalized spacial score (nSPS) is 13.0. The number of hydrogen-bond acceptors (Lipinski definition) is 5. The summed E-state index contributed by atoms with van der Waals surface area (Å²) in [6.07, 6.45) is 1.24. The van der Waals surface area contributed by atoms with Gasteiger partial charge in [-0.3, -0.25) is 19.3 Å². The highest BCUT2D eigenvalue weighted by atomic mass is 79.9. The average molecular weight is 444 g/mol. The van der Waals surface area contributed by atoms with Gasteiger partial charge in [-0.2, -0.15) is 0 Å². The van der Waals surface area contributed by atoms with E-state index in [4.69, 9.17) is 0 Å². The van der Waals surface area contributed by atoms with Crippen molar-refractivity contribution in [1.82, 2.24) is 0 Å². The molecule has 0 saturated heterocycles. The maximum absolute atomic E-state index is 12.8. The molecule has 28 heavy (non-hydrogen) atoms. The van der Waals surface area contributed by atoms with Crippen molar-refractivity contribution >= 4 is 50.8 Å². The standard InChI is InChI=1S/C20H18BrN3O4/c1-28-20(27)11-15-10-19(26)24(17-5-3-2-4-16(17)22-15)12-18(25)23-14-8-6-13(21)7-9-14/h2-10,22H,11-12H2,1H3,(H,23,25). The summed E-state index contributed by atoms with van der Waals surface area (Å²) in [5.41, 5.74) is 2.21. The van der Waals surface area contributed by atoms with Crippen LogP contribution < -0.4 is 15.5 Å². The Morgan fingerprint density at radius 3 is 2.57 bits per heavy atom. The number of ether oxygens (including phenoxy) is 1. The zero-order valence-corrected chi connectivity index (χ0v) is 16.7. The lowest BCUT2D eigenvalue weighted by Crippen LogP contribution is -2.37. The molecule has 1 aliphatic rings. The second-order valence-corrected chi connectivity index (χ2v) is 6.96. The Bertz CT molecular complexity index is 941. The molecular weight excluding hydrogens is 426 g/mol. The molecular formula is C20H18BrN3O4. The lowest BCUT2D eigenvalue weighted by Gasteiger charge is -2.21. The average Bonchev–Trinajstić information content (AvgIpc) is 2.80. The smallest absolute Gasteiger partial charge is 0.311 e. The van der Waals surface area contributed by atoms with Crippen molar-refractivity contribution in [2.45, 2.75) is 6.42 Å². The van der Waals surface area contributed by atoms with Gasteiger partial charge in [0.1, 0.15) is 6.54 Å². The molecule has 1 aliphatic heterocycles. The van der Waals surface area contributed by atoms with Gasteiger partial charge in [0.15, 0.2) is 0 Å². The summed E-state index contributed by atoms with van der Waals surface area (Å²) in [4.78, 5) is 38.2. The summed E-state index contributed by atoms with van der Waals surface area (Å²) in [5, 5.41) is 5.85. The van der Waals surface area contributed by atoms with Gasteiger partial charge in [0.2, 0.25) is 5.91 Å². The Kier molecular flexibility index (Phi) is 6.10. The molecule has 0 fully saturated rings. The van der Waals surface area contributed by atoms with Gasteiger partial charge >= 0.3 is 5.97 Å². The number of esters is 1. The van der Waals surface area contributed by atoms with Crippen molar-refractivity contribution in [3.8, 4) is 0 Å². The van der Waals surface area contributed by atoms with Gasteiger partial charge < -0.3 is 15.4 Å². The van der Waals surface area contributed by atoms with Crippen LogP contribution in [-0.2, 0) is 19.1 Å². The number of para-hydroxylation sites is 2. The monoisotopic (exact) mass is 443 g/mol. The lowest BCUT2D eigenvalue weighted by atomic mass is 10.2. The maximum atomic E-state index is 12.8. The first-order chi connectivity index (χ1) is 13.5. The molecule has 7 nitrogen and oxygen atoms in total. The predicted molar refractivity (Wildman–Crippen MR) is 110 cm³/mol. The fourth-order valence-electron chi connectivity index (χ4n) is 2.73. The summed E-state index contributed by atoms with van der Waals surface area (Å²) in [6.45, 7) is -0.171. The van der Waals surface area contributed by atoms with E-state index in [1.54, 1.807) is 36.4 Å². The van der Waals surface area contributed by atoms with Crippen LogP contribution in [0.1, 0.15) is 6.42 Å². The molecule has 0 atom stereocenters. The molecule has 2 amide bonds. The number of anilines is 3. The van der Waals surface area contributed by atoms with E-state index in [0.29, 0.717) is 22.8 Å². The number of carbonyl (C=O) groups excluding carboxylic acids is 3. The molecule has 2 aromatic carbocycles. The number of hydrogen-bond donors (Lipinski definition) is 2. The summed E-state index contributed by atoms with van der Waals surface area (Å²) in [6, 6.07) is 14.2. The molecule has 2 aromatic rings. The van der Waals surface area contributed by atoms with E-state index in [1.165, 1.54) is 18.1 Å². The number of fused-ring (bicyclic) bond motifs is 1. The first-order valence-electron chi connectivity index (χ1n) is 8.46. The first-order valence-corrected chi connectivity index (χ1v) is 9.26.